The molecule has 3 heterocycles. The van der Waals surface area contributed by atoms with E-state index in [1.54, 1.807) is 4.68 Å². The highest BCUT2D eigenvalue weighted by molar-refractivity contribution is 6.05. The molecule has 1 N–H and O–H groups in total. The Morgan fingerprint density at radius 3 is 3.09 bits per heavy atom. The van der Waals surface area contributed by atoms with Crippen molar-refractivity contribution >= 4 is 23.8 Å². The maximum Gasteiger partial charge on any atom is 0.255 e. The van der Waals surface area contributed by atoms with Gasteiger partial charge in [-0.25, -0.2) is 4.68 Å². The first-order valence-electron chi connectivity index (χ1n) is 7.27. The van der Waals surface area contributed by atoms with Gasteiger partial charge in [-0.2, -0.15) is 0 Å². The van der Waals surface area contributed by atoms with E-state index in [2.05, 4.69) is 25.8 Å². The molecule has 2 aliphatic heterocycles. The van der Waals surface area contributed by atoms with E-state index in [1.165, 1.54) is 5.56 Å². The van der Waals surface area contributed by atoms with E-state index in [0.717, 1.165) is 16.9 Å². The fourth-order valence-corrected chi connectivity index (χ4v) is 2.78. The predicted molar refractivity (Wildman–Crippen MR) is 85.3 cm³/mol. The van der Waals surface area contributed by atoms with Crippen molar-refractivity contribution in [3.05, 3.63) is 40.6 Å². The van der Waals surface area contributed by atoms with Crippen molar-refractivity contribution in [2.75, 3.05) is 17.3 Å². The summed E-state index contributed by atoms with van der Waals surface area (Å²) in [6.07, 6.45) is 1.83. The zero-order chi connectivity index (χ0) is 16.0. The van der Waals surface area contributed by atoms with Crippen molar-refractivity contribution in [1.29, 1.82) is 0 Å². The lowest BCUT2D eigenvalue weighted by molar-refractivity contribution is -0.113. The molecule has 2 aromatic rings. The average molecular weight is 309 g/mol. The Balaban J connectivity index is 1.59. The molecule has 1 aromatic carbocycles. The van der Waals surface area contributed by atoms with Crippen molar-refractivity contribution in [2.45, 2.75) is 20.0 Å². The van der Waals surface area contributed by atoms with Gasteiger partial charge in [-0.05, 0) is 40.6 Å². The summed E-state index contributed by atoms with van der Waals surface area (Å²) in [5.41, 5.74) is 4.47. The molecule has 0 spiro atoms. The number of rotatable bonds is 2. The summed E-state index contributed by atoms with van der Waals surface area (Å²) in [4.78, 5) is 18.7. The first kappa shape index (κ1) is 13.6. The molecule has 0 aliphatic carbocycles. The second kappa shape index (κ2) is 5.01. The molecule has 2 aliphatic rings. The van der Waals surface area contributed by atoms with E-state index in [0.29, 0.717) is 24.6 Å². The lowest BCUT2D eigenvalue weighted by Crippen LogP contribution is -2.32. The normalized spacial score (nSPS) is 15.7. The zero-order valence-corrected chi connectivity index (χ0v) is 12.8. The summed E-state index contributed by atoms with van der Waals surface area (Å²) in [5, 5.41) is 14.5. The van der Waals surface area contributed by atoms with E-state index in [1.807, 2.05) is 43.3 Å². The molecule has 0 saturated heterocycles. The Kier molecular flexibility index (Phi) is 2.97. The van der Waals surface area contributed by atoms with Crippen LogP contribution in [0.25, 0.3) is 0 Å². The number of nitrogens with one attached hydrogen (secondary N) is 1. The molecule has 8 nitrogen and oxygen atoms in total. The predicted octanol–water partition coefficient (Wildman–Crippen LogP) is 0.968. The quantitative estimate of drug-likeness (QED) is 0.893. The Labute approximate surface area is 132 Å². The minimum Gasteiger partial charge on any atom is -0.322 e. The van der Waals surface area contributed by atoms with Crippen LogP contribution >= 0.6 is 0 Å². The number of allylic oxidation sites excluding steroid dienone is 1. The van der Waals surface area contributed by atoms with Gasteiger partial charge in [0.25, 0.3) is 5.91 Å². The molecule has 0 bridgehead atoms. The fraction of sp³-hybridized carbons (Fsp3) is 0.267. The van der Waals surface area contributed by atoms with Crippen LogP contribution in [0.1, 0.15) is 18.1 Å². The highest BCUT2D eigenvalue weighted by Gasteiger charge is 2.26. The molecule has 23 heavy (non-hydrogen) atoms. The van der Waals surface area contributed by atoms with Gasteiger partial charge >= 0.3 is 0 Å². The number of amides is 1. The molecular formula is C15H15N7O. The molecule has 1 aromatic heterocycles. The topological polar surface area (TPSA) is 88.3 Å². The minimum absolute atomic E-state index is 0.148. The fourth-order valence-electron chi connectivity index (χ4n) is 2.78. The second-order valence-electron chi connectivity index (χ2n) is 5.60. The molecule has 116 valence electrons. The minimum atomic E-state index is -0.148. The molecular weight excluding hydrogens is 294 g/mol. The number of carbonyl (C=O) groups is 1. The molecule has 0 radical (unpaired) electrons. The Morgan fingerprint density at radius 2 is 2.22 bits per heavy atom. The van der Waals surface area contributed by atoms with Crippen LogP contribution in [-0.2, 0) is 17.9 Å². The van der Waals surface area contributed by atoms with Gasteiger partial charge in [0.2, 0.25) is 5.95 Å². The third kappa shape index (κ3) is 2.19. The van der Waals surface area contributed by atoms with E-state index in [-0.39, 0.29) is 5.91 Å². The third-order valence-electron chi connectivity index (χ3n) is 4.23. The smallest absolute Gasteiger partial charge is 0.255 e. The van der Waals surface area contributed by atoms with Crippen LogP contribution < -0.4 is 10.2 Å². The van der Waals surface area contributed by atoms with Crippen LogP contribution in [0, 0.1) is 0 Å². The molecule has 0 atom stereocenters. The molecule has 8 heteroatoms. The van der Waals surface area contributed by atoms with Gasteiger partial charge < -0.3 is 10.2 Å². The molecule has 0 fully saturated rings. The van der Waals surface area contributed by atoms with E-state index < -0.39 is 0 Å². The SMILES string of the molecule is CC1=C(C(=O)Nc2ccc3c(c2)C=NC3)Cn2nnnc2N1C. The number of carbonyl (C=O) groups excluding carboxylic acids is 1. The Morgan fingerprint density at radius 1 is 1.35 bits per heavy atom. The Hall–Kier alpha value is -3.03. The zero-order valence-electron chi connectivity index (χ0n) is 12.8. The lowest BCUT2D eigenvalue weighted by atomic mass is 10.1. The standard InChI is InChI=1S/C15H15N7O/c1-9-13(8-22-15(21(9)2)18-19-20-22)14(23)17-12-4-3-10-6-16-7-11(10)5-12/h3-5,7H,6,8H2,1-2H3,(H,17,23). The highest BCUT2D eigenvalue weighted by Crippen LogP contribution is 2.25. The summed E-state index contributed by atoms with van der Waals surface area (Å²) in [7, 11) is 1.84. The van der Waals surface area contributed by atoms with Crippen LogP contribution in [0.5, 0.6) is 0 Å². The molecule has 4 rings (SSSR count). The van der Waals surface area contributed by atoms with Crippen LogP contribution in [0.2, 0.25) is 0 Å². The highest BCUT2D eigenvalue weighted by atomic mass is 16.1. The van der Waals surface area contributed by atoms with Gasteiger partial charge in [-0.1, -0.05) is 11.2 Å². The summed E-state index contributed by atoms with van der Waals surface area (Å²) < 4.78 is 1.61. The maximum absolute atomic E-state index is 12.6. The van der Waals surface area contributed by atoms with E-state index >= 15 is 0 Å². The third-order valence-corrected chi connectivity index (χ3v) is 4.23. The number of hydrogen-bond acceptors (Lipinski definition) is 6. The van der Waals surface area contributed by atoms with Crippen LogP contribution in [0.4, 0.5) is 11.6 Å². The average Bonchev–Trinajstić information content (AvgIpc) is 3.18. The monoisotopic (exact) mass is 309 g/mol. The van der Waals surface area contributed by atoms with Crippen molar-refractivity contribution in [2.24, 2.45) is 4.99 Å². The summed E-state index contributed by atoms with van der Waals surface area (Å²) in [5.74, 6) is 0.484. The number of benzene rings is 1. The van der Waals surface area contributed by atoms with Crippen molar-refractivity contribution < 1.29 is 4.79 Å². The first-order valence-corrected chi connectivity index (χ1v) is 7.27. The van der Waals surface area contributed by atoms with Crippen molar-refractivity contribution in [3.63, 3.8) is 0 Å². The Bertz CT molecular complexity index is 864. The number of aromatic nitrogens is 4. The van der Waals surface area contributed by atoms with Crippen LogP contribution in [0.15, 0.2) is 34.5 Å². The second-order valence-corrected chi connectivity index (χ2v) is 5.60. The largest absolute Gasteiger partial charge is 0.322 e. The van der Waals surface area contributed by atoms with Crippen molar-refractivity contribution in [3.8, 4) is 0 Å². The number of anilines is 2. The summed E-state index contributed by atoms with van der Waals surface area (Å²) >= 11 is 0. The lowest BCUT2D eigenvalue weighted by Gasteiger charge is -2.26. The number of hydrogen-bond donors (Lipinski definition) is 1. The van der Waals surface area contributed by atoms with Crippen LogP contribution in [-0.4, -0.2) is 39.4 Å². The van der Waals surface area contributed by atoms with E-state index in [4.69, 9.17) is 0 Å². The number of aliphatic imine (C=N–C) groups is 1. The molecule has 0 unspecified atom stereocenters. The van der Waals surface area contributed by atoms with E-state index in [9.17, 15) is 4.79 Å². The van der Waals surface area contributed by atoms with Crippen LogP contribution in [0.3, 0.4) is 0 Å². The summed E-state index contributed by atoms with van der Waals surface area (Å²) in [6.45, 7) is 2.96. The molecule has 1 amide bonds. The maximum atomic E-state index is 12.6. The number of nitrogens with zero attached hydrogens (tertiary/aromatic N) is 6. The van der Waals surface area contributed by atoms with Gasteiger partial charge in [0, 0.05) is 24.6 Å². The molecule has 0 saturated carbocycles. The first-order chi connectivity index (χ1) is 11.1. The van der Waals surface area contributed by atoms with Gasteiger partial charge in [0.15, 0.2) is 0 Å². The van der Waals surface area contributed by atoms with Gasteiger partial charge in [-0.15, -0.1) is 0 Å². The summed E-state index contributed by atoms with van der Waals surface area (Å²) in [6, 6.07) is 5.83. The van der Waals surface area contributed by atoms with Gasteiger partial charge in [0.05, 0.1) is 18.7 Å². The number of fused-ring (bicyclic) bond motifs is 2. The number of tetrazole rings is 1. The van der Waals surface area contributed by atoms with Gasteiger partial charge in [0.1, 0.15) is 0 Å². The van der Waals surface area contributed by atoms with Crippen molar-refractivity contribution in [1.82, 2.24) is 20.2 Å². The van der Waals surface area contributed by atoms with Gasteiger partial charge in [-0.3, -0.25) is 9.79 Å².